The minimum absolute atomic E-state index is 0.525. The Morgan fingerprint density at radius 2 is 2.13 bits per heavy atom. The zero-order valence-corrected chi connectivity index (χ0v) is 9.77. The molecule has 15 heavy (non-hydrogen) atoms. The molecule has 0 aliphatic carbocycles. The molecule has 0 bridgehead atoms. The Morgan fingerprint density at radius 3 is 2.73 bits per heavy atom. The lowest BCUT2D eigenvalue weighted by Crippen LogP contribution is -1.94. The van der Waals surface area contributed by atoms with Crippen LogP contribution < -0.4 is 5.73 Å². The molecule has 2 rings (SSSR count). The van der Waals surface area contributed by atoms with E-state index in [1.54, 1.807) is 11.3 Å². The summed E-state index contributed by atoms with van der Waals surface area (Å²) in [7, 11) is 0. The smallest absolute Gasteiger partial charge is 0.107 e. The SMILES string of the molecule is Cc1cccc(-c2nc(CN)sc2C)c1. The third kappa shape index (κ3) is 2.08. The van der Waals surface area contributed by atoms with Gasteiger partial charge in [-0.2, -0.15) is 0 Å². The summed E-state index contributed by atoms with van der Waals surface area (Å²) in [5.41, 5.74) is 9.10. The molecule has 0 aliphatic heterocycles. The minimum atomic E-state index is 0.525. The molecule has 0 saturated heterocycles. The van der Waals surface area contributed by atoms with Crippen LogP contribution in [0.3, 0.4) is 0 Å². The number of aromatic nitrogens is 1. The predicted octanol–water partition coefficient (Wildman–Crippen LogP) is 2.89. The maximum atomic E-state index is 5.59. The number of thiazole rings is 1. The molecule has 1 heterocycles. The van der Waals surface area contributed by atoms with Crippen LogP contribution in [0.5, 0.6) is 0 Å². The van der Waals surface area contributed by atoms with Crippen molar-refractivity contribution >= 4 is 11.3 Å². The second-order valence-corrected chi connectivity index (χ2v) is 4.87. The number of nitrogens with two attached hydrogens (primary N) is 1. The molecule has 2 N–H and O–H groups in total. The van der Waals surface area contributed by atoms with Crippen molar-refractivity contribution in [1.82, 2.24) is 4.98 Å². The summed E-state index contributed by atoms with van der Waals surface area (Å²) in [6.07, 6.45) is 0. The molecule has 0 amide bonds. The van der Waals surface area contributed by atoms with Crippen LogP contribution in [-0.4, -0.2) is 4.98 Å². The number of rotatable bonds is 2. The van der Waals surface area contributed by atoms with E-state index in [2.05, 4.69) is 43.1 Å². The summed E-state index contributed by atoms with van der Waals surface area (Å²) < 4.78 is 0. The molecular formula is C12H14N2S. The van der Waals surface area contributed by atoms with Gasteiger partial charge in [-0.3, -0.25) is 0 Å². The Balaban J connectivity index is 2.48. The lowest BCUT2D eigenvalue weighted by molar-refractivity contribution is 1.04. The summed E-state index contributed by atoms with van der Waals surface area (Å²) in [6, 6.07) is 8.40. The maximum absolute atomic E-state index is 5.59. The Kier molecular flexibility index (Phi) is 2.84. The van der Waals surface area contributed by atoms with E-state index in [0.717, 1.165) is 10.7 Å². The van der Waals surface area contributed by atoms with Crippen molar-refractivity contribution in [1.29, 1.82) is 0 Å². The standard InChI is InChI=1S/C12H14N2S/c1-8-4-3-5-10(6-8)12-9(2)15-11(7-13)14-12/h3-6H,7,13H2,1-2H3. The van der Waals surface area contributed by atoms with Gasteiger partial charge >= 0.3 is 0 Å². The molecule has 3 heteroatoms. The van der Waals surface area contributed by atoms with E-state index in [1.807, 2.05) is 0 Å². The molecule has 0 aliphatic rings. The molecular weight excluding hydrogens is 204 g/mol. The number of nitrogens with zero attached hydrogens (tertiary/aromatic N) is 1. The highest BCUT2D eigenvalue weighted by molar-refractivity contribution is 7.12. The molecule has 0 saturated carbocycles. The quantitative estimate of drug-likeness (QED) is 0.841. The average Bonchev–Trinajstić information content (AvgIpc) is 2.60. The molecule has 1 aromatic carbocycles. The van der Waals surface area contributed by atoms with E-state index in [1.165, 1.54) is 16.0 Å². The highest BCUT2D eigenvalue weighted by Crippen LogP contribution is 2.27. The Hall–Kier alpha value is -1.19. The second-order valence-electron chi connectivity index (χ2n) is 3.59. The number of benzene rings is 1. The summed E-state index contributed by atoms with van der Waals surface area (Å²) in [5.74, 6) is 0. The van der Waals surface area contributed by atoms with Crippen LogP contribution in [0.4, 0.5) is 0 Å². The molecule has 78 valence electrons. The van der Waals surface area contributed by atoms with Gasteiger partial charge in [-0.15, -0.1) is 11.3 Å². The first kappa shape index (κ1) is 10.3. The van der Waals surface area contributed by atoms with Crippen molar-refractivity contribution in [3.63, 3.8) is 0 Å². The number of hydrogen-bond donors (Lipinski definition) is 1. The molecule has 0 spiro atoms. The normalized spacial score (nSPS) is 10.6. The third-order valence-electron chi connectivity index (χ3n) is 2.31. The van der Waals surface area contributed by atoms with Crippen LogP contribution in [0.1, 0.15) is 15.4 Å². The van der Waals surface area contributed by atoms with Crippen LogP contribution in [0.25, 0.3) is 11.3 Å². The van der Waals surface area contributed by atoms with Gasteiger partial charge in [0.25, 0.3) is 0 Å². The van der Waals surface area contributed by atoms with Crippen molar-refractivity contribution in [2.75, 3.05) is 0 Å². The van der Waals surface area contributed by atoms with Gasteiger partial charge in [-0.25, -0.2) is 4.98 Å². The van der Waals surface area contributed by atoms with E-state index in [-0.39, 0.29) is 0 Å². The van der Waals surface area contributed by atoms with Crippen molar-refractivity contribution in [2.24, 2.45) is 5.73 Å². The van der Waals surface area contributed by atoms with E-state index in [9.17, 15) is 0 Å². The van der Waals surface area contributed by atoms with Gasteiger partial charge in [0.2, 0.25) is 0 Å². The highest BCUT2D eigenvalue weighted by Gasteiger charge is 2.08. The summed E-state index contributed by atoms with van der Waals surface area (Å²) in [5, 5.41) is 1.00. The Bertz CT molecular complexity index is 474. The van der Waals surface area contributed by atoms with E-state index in [0.29, 0.717) is 6.54 Å². The van der Waals surface area contributed by atoms with Gasteiger partial charge in [0.05, 0.1) is 5.69 Å². The zero-order valence-electron chi connectivity index (χ0n) is 8.95. The fraction of sp³-hybridized carbons (Fsp3) is 0.250. The molecule has 0 radical (unpaired) electrons. The number of aryl methyl sites for hydroxylation is 2. The topological polar surface area (TPSA) is 38.9 Å². The van der Waals surface area contributed by atoms with E-state index >= 15 is 0 Å². The van der Waals surface area contributed by atoms with Gasteiger partial charge in [-0.1, -0.05) is 23.8 Å². The Morgan fingerprint density at radius 1 is 1.33 bits per heavy atom. The summed E-state index contributed by atoms with van der Waals surface area (Å²) in [4.78, 5) is 5.77. The first-order valence-electron chi connectivity index (χ1n) is 4.94. The summed E-state index contributed by atoms with van der Waals surface area (Å²) >= 11 is 1.68. The van der Waals surface area contributed by atoms with Crippen LogP contribution in [0, 0.1) is 13.8 Å². The van der Waals surface area contributed by atoms with Crippen LogP contribution in [0.2, 0.25) is 0 Å². The van der Waals surface area contributed by atoms with E-state index < -0.39 is 0 Å². The molecule has 1 aromatic heterocycles. The van der Waals surface area contributed by atoms with Crippen molar-refractivity contribution in [3.05, 3.63) is 39.7 Å². The zero-order chi connectivity index (χ0) is 10.8. The van der Waals surface area contributed by atoms with Crippen LogP contribution in [0.15, 0.2) is 24.3 Å². The second kappa shape index (κ2) is 4.13. The van der Waals surface area contributed by atoms with Gasteiger partial charge < -0.3 is 5.73 Å². The Labute approximate surface area is 93.8 Å². The lowest BCUT2D eigenvalue weighted by atomic mass is 10.1. The number of hydrogen-bond acceptors (Lipinski definition) is 3. The molecule has 2 aromatic rings. The average molecular weight is 218 g/mol. The monoisotopic (exact) mass is 218 g/mol. The van der Waals surface area contributed by atoms with Crippen molar-refractivity contribution < 1.29 is 0 Å². The van der Waals surface area contributed by atoms with Gasteiger partial charge in [-0.05, 0) is 19.9 Å². The minimum Gasteiger partial charge on any atom is -0.325 e. The van der Waals surface area contributed by atoms with Crippen LogP contribution in [-0.2, 0) is 6.54 Å². The first-order chi connectivity index (χ1) is 7.20. The summed E-state index contributed by atoms with van der Waals surface area (Å²) in [6.45, 7) is 4.71. The van der Waals surface area contributed by atoms with Crippen LogP contribution >= 0.6 is 11.3 Å². The van der Waals surface area contributed by atoms with Crippen molar-refractivity contribution in [3.8, 4) is 11.3 Å². The van der Waals surface area contributed by atoms with Gasteiger partial charge in [0.1, 0.15) is 5.01 Å². The van der Waals surface area contributed by atoms with Gasteiger partial charge in [0, 0.05) is 17.0 Å². The molecule has 0 unspecified atom stereocenters. The maximum Gasteiger partial charge on any atom is 0.107 e. The highest BCUT2D eigenvalue weighted by atomic mass is 32.1. The largest absolute Gasteiger partial charge is 0.325 e. The lowest BCUT2D eigenvalue weighted by Gasteiger charge is -1.99. The molecule has 0 fully saturated rings. The molecule has 2 nitrogen and oxygen atoms in total. The van der Waals surface area contributed by atoms with Crippen molar-refractivity contribution in [2.45, 2.75) is 20.4 Å². The fourth-order valence-corrected chi connectivity index (χ4v) is 2.43. The molecule has 0 atom stereocenters. The fourth-order valence-electron chi connectivity index (χ4n) is 1.60. The van der Waals surface area contributed by atoms with Gasteiger partial charge in [0.15, 0.2) is 0 Å². The first-order valence-corrected chi connectivity index (χ1v) is 5.76. The van der Waals surface area contributed by atoms with E-state index in [4.69, 9.17) is 5.73 Å². The third-order valence-corrected chi connectivity index (χ3v) is 3.30. The predicted molar refractivity (Wildman–Crippen MR) is 64.9 cm³/mol.